The molecule has 3 heteroatoms. The van der Waals surface area contributed by atoms with Crippen molar-refractivity contribution in [2.45, 2.75) is 32.2 Å². The lowest BCUT2D eigenvalue weighted by Crippen LogP contribution is -2.47. The van der Waals surface area contributed by atoms with Gasteiger partial charge in [0.25, 0.3) is 0 Å². The Morgan fingerprint density at radius 2 is 1.90 bits per heavy atom. The number of nitrogens with two attached hydrogens (primary N) is 1. The lowest BCUT2D eigenvalue weighted by Gasteiger charge is -2.25. The molecule has 0 saturated heterocycles. The Labute approximate surface area is 65.2 Å². The van der Waals surface area contributed by atoms with Crippen molar-refractivity contribution in [3.8, 4) is 0 Å². The van der Waals surface area contributed by atoms with Gasteiger partial charge in [-0.25, -0.2) is 0 Å². The predicted molar refractivity (Wildman–Crippen MR) is 49.9 cm³/mol. The minimum absolute atomic E-state index is 0.677. The lowest BCUT2D eigenvalue weighted by molar-refractivity contribution is 0.663. The lowest BCUT2D eigenvalue weighted by atomic mass is 10.6. The molecule has 3 N–H and O–H groups in total. The molecular formula is C7H20N2Si. The molecule has 0 aliphatic rings. The van der Waals surface area contributed by atoms with Crippen LogP contribution in [-0.4, -0.2) is 26.8 Å². The van der Waals surface area contributed by atoms with Gasteiger partial charge in [0, 0.05) is 13.1 Å². The second kappa shape index (κ2) is 4.11. The molecule has 62 valence electrons. The quantitative estimate of drug-likeness (QED) is 0.597. The molecule has 0 aromatic rings. The summed E-state index contributed by atoms with van der Waals surface area (Å²) in [7, 11) is -0.965. The van der Waals surface area contributed by atoms with Crippen LogP contribution in [0.15, 0.2) is 0 Å². The highest BCUT2D eigenvalue weighted by Gasteiger charge is 2.20. The minimum Gasteiger partial charge on any atom is -0.329 e. The van der Waals surface area contributed by atoms with Gasteiger partial charge in [0.05, 0.1) is 8.07 Å². The zero-order chi connectivity index (χ0) is 8.20. The second-order valence-corrected chi connectivity index (χ2v) is 9.43. The van der Waals surface area contributed by atoms with Crippen LogP contribution in [0.4, 0.5) is 0 Å². The van der Waals surface area contributed by atoms with E-state index >= 15 is 0 Å². The van der Waals surface area contributed by atoms with E-state index in [-0.39, 0.29) is 0 Å². The predicted octanol–water partition coefficient (Wildman–Crippen LogP) is 0.801. The average Bonchev–Trinajstić information content (AvgIpc) is 1.80. The summed E-state index contributed by atoms with van der Waals surface area (Å²) in [5.74, 6) is 0. The Hall–Kier alpha value is 0.137. The zero-order valence-electron chi connectivity index (χ0n) is 7.57. The molecule has 0 heterocycles. The van der Waals surface area contributed by atoms with Gasteiger partial charge in [-0.05, 0) is 5.67 Å². The van der Waals surface area contributed by atoms with Crippen LogP contribution in [-0.2, 0) is 0 Å². The van der Waals surface area contributed by atoms with Crippen LogP contribution in [0, 0.1) is 0 Å². The third-order valence-corrected chi connectivity index (χ3v) is 4.70. The van der Waals surface area contributed by atoms with Crippen molar-refractivity contribution >= 4 is 8.07 Å². The molecule has 0 rings (SSSR count). The van der Waals surface area contributed by atoms with E-state index in [4.69, 9.17) is 5.73 Å². The van der Waals surface area contributed by atoms with Crippen molar-refractivity contribution in [2.75, 3.05) is 13.1 Å². The van der Waals surface area contributed by atoms with Crippen LogP contribution in [0.3, 0.4) is 0 Å². The van der Waals surface area contributed by atoms with Crippen molar-refractivity contribution in [2.24, 2.45) is 5.73 Å². The van der Waals surface area contributed by atoms with E-state index in [0.717, 1.165) is 13.1 Å². The van der Waals surface area contributed by atoms with Gasteiger partial charge in [-0.2, -0.15) is 0 Å². The molecule has 0 bridgehead atoms. The van der Waals surface area contributed by atoms with Crippen LogP contribution >= 0.6 is 0 Å². The van der Waals surface area contributed by atoms with Crippen LogP contribution in [0.5, 0.6) is 0 Å². The Morgan fingerprint density at radius 1 is 1.40 bits per heavy atom. The summed E-state index contributed by atoms with van der Waals surface area (Å²) >= 11 is 0. The molecule has 0 aliphatic carbocycles. The Morgan fingerprint density at radius 3 is 2.20 bits per heavy atom. The van der Waals surface area contributed by atoms with Gasteiger partial charge in [-0.3, -0.25) is 0 Å². The third kappa shape index (κ3) is 4.03. The van der Waals surface area contributed by atoms with Gasteiger partial charge in [0.15, 0.2) is 0 Å². The number of nitrogens with one attached hydrogen (secondary N) is 1. The SMILES string of the molecule is CC(NCCN)[Si](C)(C)C. The van der Waals surface area contributed by atoms with Gasteiger partial charge in [0.2, 0.25) is 0 Å². The standard InChI is InChI=1S/C7H20N2Si/c1-7(9-6-5-8)10(2,3)4/h7,9H,5-6,8H2,1-4H3. The van der Waals surface area contributed by atoms with E-state index in [2.05, 4.69) is 31.9 Å². The monoisotopic (exact) mass is 160 g/mol. The maximum Gasteiger partial charge on any atom is 0.0631 e. The summed E-state index contributed by atoms with van der Waals surface area (Å²) in [5, 5.41) is 3.41. The zero-order valence-corrected chi connectivity index (χ0v) is 8.57. The summed E-state index contributed by atoms with van der Waals surface area (Å²) in [5.41, 5.74) is 6.05. The molecule has 1 atom stereocenters. The topological polar surface area (TPSA) is 38.0 Å². The highest BCUT2D eigenvalue weighted by atomic mass is 28.3. The molecule has 1 unspecified atom stereocenters. The number of rotatable bonds is 4. The molecule has 0 fully saturated rings. The molecule has 0 aromatic carbocycles. The van der Waals surface area contributed by atoms with E-state index in [9.17, 15) is 0 Å². The van der Waals surface area contributed by atoms with Crippen molar-refractivity contribution in [1.82, 2.24) is 5.32 Å². The summed E-state index contributed by atoms with van der Waals surface area (Å²) < 4.78 is 0. The minimum atomic E-state index is -0.965. The van der Waals surface area contributed by atoms with E-state index in [1.165, 1.54) is 0 Å². The average molecular weight is 160 g/mol. The molecule has 0 amide bonds. The van der Waals surface area contributed by atoms with Crippen LogP contribution < -0.4 is 11.1 Å². The van der Waals surface area contributed by atoms with Gasteiger partial charge in [-0.15, -0.1) is 0 Å². The third-order valence-electron chi connectivity index (χ3n) is 1.89. The van der Waals surface area contributed by atoms with E-state index in [1.54, 1.807) is 0 Å². The first kappa shape index (κ1) is 10.1. The number of hydrogen-bond acceptors (Lipinski definition) is 2. The summed E-state index contributed by atoms with van der Waals surface area (Å²) in [6.07, 6.45) is 0. The maximum absolute atomic E-state index is 5.37. The van der Waals surface area contributed by atoms with Gasteiger partial charge in [0.1, 0.15) is 0 Å². The number of hydrogen-bond donors (Lipinski definition) is 2. The fourth-order valence-corrected chi connectivity index (χ4v) is 1.36. The first-order chi connectivity index (χ1) is 4.48. The summed E-state index contributed by atoms with van der Waals surface area (Å²) in [6, 6.07) is 0. The second-order valence-electron chi connectivity index (χ2n) is 3.83. The summed E-state index contributed by atoms with van der Waals surface area (Å²) in [6.45, 7) is 11.0. The molecule has 0 saturated carbocycles. The maximum atomic E-state index is 5.37. The Kier molecular flexibility index (Phi) is 4.16. The first-order valence-electron chi connectivity index (χ1n) is 3.92. The molecule has 2 nitrogen and oxygen atoms in total. The van der Waals surface area contributed by atoms with Crippen molar-refractivity contribution in [3.05, 3.63) is 0 Å². The molecule has 0 aliphatic heterocycles. The van der Waals surface area contributed by atoms with Crippen LogP contribution in [0.25, 0.3) is 0 Å². The molecule has 0 aromatic heterocycles. The van der Waals surface area contributed by atoms with Gasteiger partial charge < -0.3 is 11.1 Å². The summed E-state index contributed by atoms with van der Waals surface area (Å²) in [4.78, 5) is 0. The van der Waals surface area contributed by atoms with E-state index in [1.807, 2.05) is 0 Å². The van der Waals surface area contributed by atoms with Gasteiger partial charge >= 0.3 is 0 Å². The van der Waals surface area contributed by atoms with Crippen molar-refractivity contribution < 1.29 is 0 Å². The first-order valence-corrected chi connectivity index (χ1v) is 7.49. The van der Waals surface area contributed by atoms with Crippen LogP contribution in [0.1, 0.15) is 6.92 Å². The fraction of sp³-hybridized carbons (Fsp3) is 1.00. The van der Waals surface area contributed by atoms with E-state index < -0.39 is 8.07 Å². The van der Waals surface area contributed by atoms with Gasteiger partial charge in [-0.1, -0.05) is 26.6 Å². The largest absolute Gasteiger partial charge is 0.329 e. The molecule has 0 spiro atoms. The smallest absolute Gasteiger partial charge is 0.0631 e. The fourth-order valence-electron chi connectivity index (χ4n) is 0.606. The van der Waals surface area contributed by atoms with Crippen molar-refractivity contribution in [1.29, 1.82) is 0 Å². The molecule has 10 heavy (non-hydrogen) atoms. The highest BCUT2D eigenvalue weighted by molar-refractivity contribution is 6.77. The Bertz CT molecular complexity index is 88.1. The van der Waals surface area contributed by atoms with Crippen LogP contribution in [0.2, 0.25) is 19.6 Å². The van der Waals surface area contributed by atoms with E-state index in [0.29, 0.717) is 5.67 Å². The highest BCUT2D eigenvalue weighted by Crippen LogP contribution is 2.05. The van der Waals surface area contributed by atoms with Crippen molar-refractivity contribution in [3.63, 3.8) is 0 Å². The molecular weight excluding hydrogens is 140 g/mol. The Balaban J connectivity index is 3.52. The normalized spacial score (nSPS) is 15.3. The molecule has 0 radical (unpaired) electrons.